The smallest absolute Gasteiger partial charge is 0.255 e. The highest BCUT2D eigenvalue weighted by molar-refractivity contribution is 7.98. The molecule has 2 aromatic carbocycles. The minimum absolute atomic E-state index is 0.147. The lowest BCUT2D eigenvalue weighted by atomic mass is 10.2. The number of aryl methyl sites for hydroxylation is 1. The lowest BCUT2D eigenvalue weighted by molar-refractivity contribution is 0.0757. The van der Waals surface area contributed by atoms with Crippen molar-refractivity contribution in [2.45, 2.75) is 30.5 Å². The van der Waals surface area contributed by atoms with E-state index in [-0.39, 0.29) is 5.91 Å². The Morgan fingerprint density at radius 3 is 2.63 bits per heavy atom. The van der Waals surface area contributed by atoms with Gasteiger partial charge >= 0.3 is 0 Å². The van der Waals surface area contributed by atoms with Crippen molar-refractivity contribution < 1.29 is 4.79 Å². The number of nitrogens with zero attached hydrogens (tertiary/aromatic N) is 3. The molecule has 3 aromatic rings. The van der Waals surface area contributed by atoms with Crippen LogP contribution in [0.25, 0.3) is 0 Å². The van der Waals surface area contributed by atoms with Gasteiger partial charge in [-0.3, -0.25) is 9.69 Å². The SMILES string of the molecule is Cc1nc(CSc2ccccc2C(=O)N2CCCN(Cc3ccccc3)CC2)cs1. The maximum absolute atomic E-state index is 13.3. The van der Waals surface area contributed by atoms with E-state index in [9.17, 15) is 4.79 Å². The van der Waals surface area contributed by atoms with E-state index in [0.717, 1.165) is 66.1 Å². The van der Waals surface area contributed by atoms with Gasteiger partial charge in [-0.1, -0.05) is 42.5 Å². The Labute approximate surface area is 186 Å². The summed E-state index contributed by atoms with van der Waals surface area (Å²) in [5.41, 5.74) is 3.22. The molecule has 0 bridgehead atoms. The normalized spacial score (nSPS) is 15.2. The molecule has 6 heteroatoms. The number of thiazole rings is 1. The van der Waals surface area contributed by atoms with Crippen LogP contribution in [0, 0.1) is 6.92 Å². The van der Waals surface area contributed by atoms with E-state index < -0.39 is 0 Å². The second-order valence-corrected chi connectivity index (χ2v) is 9.63. The number of hydrogen-bond donors (Lipinski definition) is 0. The van der Waals surface area contributed by atoms with Crippen molar-refractivity contribution in [3.8, 4) is 0 Å². The van der Waals surface area contributed by atoms with Crippen molar-refractivity contribution >= 4 is 29.0 Å². The van der Waals surface area contributed by atoms with Gasteiger partial charge in [-0.05, 0) is 31.0 Å². The molecule has 156 valence electrons. The molecule has 0 unspecified atom stereocenters. The van der Waals surface area contributed by atoms with Crippen LogP contribution in [0.3, 0.4) is 0 Å². The lowest BCUT2D eigenvalue weighted by Gasteiger charge is -2.23. The van der Waals surface area contributed by atoms with Gasteiger partial charge in [0.2, 0.25) is 0 Å². The number of carbonyl (C=O) groups is 1. The summed E-state index contributed by atoms with van der Waals surface area (Å²) in [6, 6.07) is 18.6. The highest BCUT2D eigenvalue weighted by Gasteiger charge is 2.22. The van der Waals surface area contributed by atoms with E-state index in [1.54, 1.807) is 23.1 Å². The molecule has 0 radical (unpaired) electrons. The van der Waals surface area contributed by atoms with Gasteiger partial charge in [0.25, 0.3) is 5.91 Å². The molecule has 1 saturated heterocycles. The van der Waals surface area contributed by atoms with Crippen LogP contribution in [-0.4, -0.2) is 46.9 Å². The first kappa shape index (κ1) is 21.1. The van der Waals surface area contributed by atoms with Crippen LogP contribution in [0.4, 0.5) is 0 Å². The number of amides is 1. The Kier molecular flexibility index (Phi) is 7.20. The first-order valence-electron chi connectivity index (χ1n) is 10.4. The van der Waals surface area contributed by atoms with Crippen LogP contribution in [-0.2, 0) is 12.3 Å². The first-order chi connectivity index (χ1) is 14.7. The summed E-state index contributed by atoms with van der Waals surface area (Å²) in [5.74, 6) is 0.938. The van der Waals surface area contributed by atoms with Crippen LogP contribution in [0.2, 0.25) is 0 Å². The first-order valence-corrected chi connectivity index (χ1v) is 12.2. The molecule has 0 saturated carbocycles. The molecular formula is C24H27N3OS2. The molecule has 0 N–H and O–H groups in total. The summed E-state index contributed by atoms with van der Waals surface area (Å²) in [4.78, 5) is 23.4. The predicted molar refractivity (Wildman–Crippen MR) is 125 cm³/mol. The molecular weight excluding hydrogens is 410 g/mol. The zero-order valence-electron chi connectivity index (χ0n) is 17.3. The Bertz CT molecular complexity index is 973. The molecule has 2 heterocycles. The average Bonchev–Trinajstić information content (AvgIpc) is 3.05. The summed E-state index contributed by atoms with van der Waals surface area (Å²) < 4.78 is 0. The molecule has 0 spiro atoms. The summed E-state index contributed by atoms with van der Waals surface area (Å²) in [6.45, 7) is 6.50. The van der Waals surface area contributed by atoms with E-state index in [2.05, 4.69) is 51.7 Å². The Morgan fingerprint density at radius 2 is 1.83 bits per heavy atom. The molecule has 1 aliphatic rings. The summed E-state index contributed by atoms with van der Waals surface area (Å²) in [6.07, 6.45) is 1.01. The molecule has 0 atom stereocenters. The largest absolute Gasteiger partial charge is 0.337 e. The van der Waals surface area contributed by atoms with Crippen LogP contribution in [0.5, 0.6) is 0 Å². The second-order valence-electron chi connectivity index (χ2n) is 7.55. The molecule has 1 amide bonds. The van der Waals surface area contributed by atoms with Crippen LogP contribution in [0.15, 0.2) is 64.9 Å². The number of rotatable bonds is 6. The van der Waals surface area contributed by atoms with Gasteiger partial charge < -0.3 is 4.90 Å². The van der Waals surface area contributed by atoms with Gasteiger partial charge in [-0.25, -0.2) is 4.98 Å². The van der Waals surface area contributed by atoms with Crippen molar-refractivity contribution in [3.05, 3.63) is 81.8 Å². The number of benzene rings is 2. The maximum Gasteiger partial charge on any atom is 0.255 e. The standard InChI is InChI=1S/C24H27N3OS2/c1-19-25-21(17-29-19)18-30-23-11-6-5-10-22(23)24(28)27-13-7-12-26(14-15-27)16-20-8-3-2-4-9-20/h2-6,8-11,17H,7,12-16,18H2,1H3. The molecule has 4 rings (SSSR count). The zero-order valence-corrected chi connectivity index (χ0v) is 18.9. The summed E-state index contributed by atoms with van der Waals surface area (Å²) in [5, 5.41) is 3.18. The van der Waals surface area contributed by atoms with Gasteiger partial charge in [0.1, 0.15) is 0 Å². The fourth-order valence-corrected chi connectivity index (χ4v) is 5.39. The number of thioether (sulfide) groups is 1. The quantitative estimate of drug-likeness (QED) is 0.503. The van der Waals surface area contributed by atoms with Crippen molar-refractivity contribution in [1.29, 1.82) is 0 Å². The third kappa shape index (κ3) is 5.50. The fraction of sp³-hybridized carbons (Fsp3) is 0.333. The maximum atomic E-state index is 13.3. The van der Waals surface area contributed by atoms with Crippen LogP contribution >= 0.6 is 23.1 Å². The van der Waals surface area contributed by atoms with Gasteiger partial charge in [-0.2, -0.15) is 0 Å². The fourth-order valence-electron chi connectivity index (χ4n) is 3.74. The molecule has 1 aromatic heterocycles. The summed E-state index contributed by atoms with van der Waals surface area (Å²) >= 11 is 3.37. The Morgan fingerprint density at radius 1 is 1.03 bits per heavy atom. The van der Waals surface area contributed by atoms with E-state index in [0.29, 0.717) is 0 Å². The van der Waals surface area contributed by atoms with E-state index >= 15 is 0 Å². The second kappa shape index (κ2) is 10.2. The van der Waals surface area contributed by atoms with Gasteiger partial charge in [-0.15, -0.1) is 23.1 Å². The average molecular weight is 438 g/mol. The molecule has 1 fully saturated rings. The minimum atomic E-state index is 0.147. The van der Waals surface area contributed by atoms with E-state index in [1.165, 1.54) is 5.56 Å². The van der Waals surface area contributed by atoms with Crippen molar-refractivity contribution in [1.82, 2.24) is 14.8 Å². The van der Waals surface area contributed by atoms with E-state index in [1.807, 2.05) is 30.0 Å². The number of hydrogen-bond acceptors (Lipinski definition) is 5. The highest BCUT2D eigenvalue weighted by atomic mass is 32.2. The van der Waals surface area contributed by atoms with Crippen LogP contribution < -0.4 is 0 Å². The van der Waals surface area contributed by atoms with Gasteiger partial charge in [0.15, 0.2) is 0 Å². The van der Waals surface area contributed by atoms with Crippen LogP contribution in [0.1, 0.15) is 33.0 Å². The van der Waals surface area contributed by atoms with Gasteiger partial charge in [0.05, 0.1) is 16.3 Å². The monoisotopic (exact) mass is 437 g/mol. The third-order valence-electron chi connectivity index (χ3n) is 5.28. The van der Waals surface area contributed by atoms with Crippen molar-refractivity contribution in [3.63, 3.8) is 0 Å². The Hall–Kier alpha value is -2.15. The number of aromatic nitrogens is 1. The highest BCUT2D eigenvalue weighted by Crippen LogP contribution is 2.28. The molecule has 30 heavy (non-hydrogen) atoms. The van der Waals surface area contributed by atoms with E-state index in [4.69, 9.17) is 0 Å². The molecule has 0 aliphatic carbocycles. The zero-order chi connectivity index (χ0) is 20.8. The van der Waals surface area contributed by atoms with Gasteiger partial charge in [0, 0.05) is 48.8 Å². The molecule has 1 aliphatic heterocycles. The number of carbonyl (C=O) groups excluding carboxylic acids is 1. The lowest BCUT2D eigenvalue weighted by Crippen LogP contribution is -2.35. The minimum Gasteiger partial charge on any atom is -0.337 e. The predicted octanol–water partition coefficient (Wildman–Crippen LogP) is 5.09. The topological polar surface area (TPSA) is 36.4 Å². The van der Waals surface area contributed by atoms with Crippen molar-refractivity contribution in [2.24, 2.45) is 0 Å². The third-order valence-corrected chi connectivity index (χ3v) is 7.21. The molecule has 4 nitrogen and oxygen atoms in total. The summed E-state index contributed by atoms with van der Waals surface area (Å²) in [7, 11) is 0. The Balaban J connectivity index is 1.39. The van der Waals surface area contributed by atoms with Crippen molar-refractivity contribution in [2.75, 3.05) is 26.2 Å².